The maximum Gasteiger partial charge on any atom is 0.293 e. The average Bonchev–Trinajstić information content (AvgIpc) is 3.06. The first-order chi connectivity index (χ1) is 12.8. The van der Waals surface area contributed by atoms with Crippen LogP contribution in [0, 0.1) is 0 Å². The van der Waals surface area contributed by atoms with E-state index < -0.39 is 0 Å². The molecule has 1 aromatic rings. The van der Waals surface area contributed by atoms with E-state index in [4.69, 9.17) is 9.47 Å². The summed E-state index contributed by atoms with van der Waals surface area (Å²) in [6, 6.07) is 10.4. The van der Waals surface area contributed by atoms with Crippen LogP contribution in [0.4, 0.5) is 0 Å². The summed E-state index contributed by atoms with van der Waals surface area (Å²) in [5.41, 5.74) is 1.19. The van der Waals surface area contributed by atoms with Crippen LogP contribution in [0.1, 0.15) is 76.8 Å². The average molecular weight is 362 g/mol. The Morgan fingerprint density at radius 2 is 1.81 bits per heavy atom. The van der Waals surface area contributed by atoms with Gasteiger partial charge in [-0.05, 0) is 24.8 Å². The summed E-state index contributed by atoms with van der Waals surface area (Å²) >= 11 is 0. The van der Waals surface area contributed by atoms with E-state index in [2.05, 4.69) is 30.9 Å². The number of hydrogen-bond donors (Lipinski definition) is 0. The zero-order valence-corrected chi connectivity index (χ0v) is 16.4. The van der Waals surface area contributed by atoms with Crippen LogP contribution in [0.15, 0.2) is 30.3 Å². The van der Waals surface area contributed by atoms with Gasteiger partial charge in [-0.2, -0.15) is 0 Å². The predicted octanol–water partition coefficient (Wildman–Crippen LogP) is 5.09. The molecule has 146 valence electrons. The topological polar surface area (TPSA) is 38.8 Å². The van der Waals surface area contributed by atoms with E-state index in [9.17, 15) is 4.79 Å². The van der Waals surface area contributed by atoms with E-state index in [1.165, 1.54) is 44.1 Å². The van der Waals surface area contributed by atoms with E-state index in [0.717, 1.165) is 19.4 Å². The van der Waals surface area contributed by atoms with Crippen molar-refractivity contribution in [2.75, 3.05) is 13.2 Å². The molecule has 0 N–H and O–H groups in total. The first-order valence-corrected chi connectivity index (χ1v) is 10.3. The summed E-state index contributed by atoms with van der Waals surface area (Å²) < 4.78 is 11.6. The summed E-state index contributed by atoms with van der Waals surface area (Å²) in [5.74, 6) is 0. The second-order valence-corrected chi connectivity index (χ2v) is 7.26. The number of carbonyl (C=O) groups excluding carboxylic acids is 1. The molecule has 3 atom stereocenters. The zero-order valence-electron chi connectivity index (χ0n) is 16.4. The molecule has 1 aliphatic heterocycles. The van der Waals surface area contributed by atoms with Crippen LogP contribution < -0.4 is 0 Å². The number of rotatable bonds is 13. The standard InChI is InChI=1S/C22H35NO3/c1-3-5-8-14-20-16-23(22(26-20)15-9-6-4-2)21(17-25-18-24)19-12-10-7-11-13-19/h7,10-13,18,20-22H,3-6,8-9,14-17H2,1-2H3/t20-,21-,22+/m1/s1. The van der Waals surface area contributed by atoms with Gasteiger partial charge in [0.25, 0.3) is 6.47 Å². The van der Waals surface area contributed by atoms with Gasteiger partial charge in [0.2, 0.25) is 0 Å². The highest BCUT2D eigenvalue weighted by atomic mass is 16.5. The van der Waals surface area contributed by atoms with Crippen molar-refractivity contribution >= 4 is 6.47 Å². The Bertz CT molecular complexity index is 493. The lowest BCUT2D eigenvalue weighted by molar-refractivity contribution is -0.131. The van der Waals surface area contributed by atoms with Gasteiger partial charge < -0.3 is 9.47 Å². The minimum atomic E-state index is 0.0594. The molecule has 1 aliphatic rings. The van der Waals surface area contributed by atoms with Crippen molar-refractivity contribution in [1.82, 2.24) is 4.90 Å². The van der Waals surface area contributed by atoms with Crippen molar-refractivity contribution in [2.24, 2.45) is 0 Å². The third-order valence-corrected chi connectivity index (χ3v) is 5.22. The van der Waals surface area contributed by atoms with Gasteiger partial charge in [0.05, 0.1) is 12.1 Å². The first kappa shape index (κ1) is 20.9. The number of nitrogens with zero attached hydrogens (tertiary/aromatic N) is 1. The van der Waals surface area contributed by atoms with Gasteiger partial charge >= 0.3 is 0 Å². The highest BCUT2D eigenvalue weighted by Gasteiger charge is 2.37. The summed E-state index contributed by atoms with van der Waals surface area (Å²) in [4.78, 5) is 13.2. The van der Waals surface area contributed by atoms with E-state index in [-0.39, 0.29) is 18.4 Å². The molecule has 0 saturated carbocycles. The minimum Gasteiger partial charge on any atom is -0.466 e. The fraction of sp³-hybridized carbons (Fsp3) is 0.682. The molecule has 0 aromatic heterocycles. The Morgan fingerprint density at radius 3 is 2.46 bits per heavy atom. The predicted molar refractivity (Wildman–Crippen MR) is 105 cm³/mol. The monoisotopic (exact) mass is 361 g/mol. The molecule has 1 aromatic carbocycles. The Balaban J connectivity index is 2.10. The number of hydrogen-bond acceptors (Lipinski definition) is 4. The zero-order chi connectivity index (χ0) is 18.6. The highest BCUT2D eigenvalue weighted by molar-refractivity contribution is 5.37. The summed E-state index contributed by atoms with van der Waals surface area (Å²) in [7, 11) is 0. The Labute approximate surface area is 158 Å². The molecular weight excluding hydrogens is 326 g/mol. The fourth-order valence-corrected chi connectivity index (χ4v) is 3.80. The van der Waals surface area contributed by atoms with Crippen LogP contribution in [0.2, 0.25) is 0 Å². The maximum absolute atomic E-state index is 10.8. The van der Waals surface area contributed by atoms with Crippen LogP contribution in [0.25, 0.3) is 0 Å². The van der Waals surface area contributed by atoms with Gasteiger partial charge in [0, 0.05) is 6.54 Å². The molecule has 0 bridgehead atoms. The van der Waals surface area contributed by atoms with Crippen molar-refractivity contribution in [3.05, 3.63) is 35.9 Å². The highest BCUT2D eigenvalue weighted by Crippen LogP contribution is 2.33. The molecule has 0 spiro atoms. The van der Waals surface area contributed by atoms with Crippen molar-refractivity contribution < 1.29 is 14.3 Å². The lowest BCUT2D eigenvalue weighted by Gasteiger charge is -2.31. The molecule has 2 rings (SSSR count). The number of carbonyl (C=O) groups is 1. The van der Waals surface area contributed by atoms with Gasteiger partial charge in [0.1, 0.15) is 12.8 Å². The van der Waals surface area contributed by atoms with Crippen LogP contribution in [-0.4, -0.2) is 36.9 Å². The number of ether oxygens (including phenoxy) is 2. The van der Waals surface area contributed by atoms with Crippen LogP contribution in [-0.2, 0) is 14.3 Å². The molecule has 0 aliphatic carbocycles. The Kier molecular flexibility index (Phi) is 9.72. The lowest BCUT2D eigenvalue weighted by Crippen LogP contribution is -2.36. The Hall–Kier alpha value is -1.39. The molecule has 26 heavy (non-hydrogen) atoms. The van der Waals surface area contributed by atoms with E-state index in [1.807, 2.05) is 18.2 Å². The SMILES string of the molecule is CCCCC[C@@H]1CN([C@H](COC=O)c2ccccc2)[C@H](CCCCC)O1. The summed E-state index contributed by atoms with van der Waals surface area (Å²) in [5, 5.41) is 0. The lowest BCUT2D eigenvalue weighted by atomic mass is 10.0. The molecule has 0 unspecified atom stereocenters. The fourth-order valence-electron chi connectivity index (χ4n) is 3.80. The molecule has 0 radical (unpaired) electrons. The van der Waals surface area contributed by atoms with Crippen molar-refractivity contribution in [3.63, 3.8) is 0 Å². The van der Waals surface area contributed by atoms with Crippen molar-refractivity contribution in [3.8, 4) is 0 Å². The Morgan fingerprint density at radius 1 is 1.12 bits per heavy atom. The third-order valence-electron chi connectivity index (χ3n) is 5.22. The van der Waals surface area contributed by atoms with Crippen LogP contribution >= 0.6 is 0 Å². The molecule has 1 heterocycles. The second kappa shape index (κ2) is 12.1. The molecule has 0 amide bonds. The van der Waals surface area contributed by atoms with Gasteiger partial charge in [0.15, 0.2) is 0 Å². The normalized spacial score (nSPS) is 21.6. The van der Waals surface area contributed by atoms with E-state index in [1.54, 1.807) is 0 Å². The van der Waals surface area contributed by atoms with Gasteiger partial charge in [-0.3, -0.25) is 9.69 Å². The van der Waals surface area contributed by atoms with E-state index in [0.29, 0.717) is 13.1 Å². The number of unbranched alkanes of at least 4 members (excludes halogenated alkanes) is 4. The molecule has 1 saturated heterocycles. The molecular formula is C22H35NO3. The van der Waals surface area contributed by atoms with Gasteiger partial charge in [-0.25, -0.2) is 0 Å². The van der Waals surface area contributed by atoms with Gasteiger partial charge in [-0.1, -0.05) is 76.3 Å². The van der Waals surface area contributed by atoms with E-state index >= 15 is 0 Å². The molecule has 1 fully saturated rings. The number of benzene rings is 1. The van der Waals surface area contributed by atoms with Crippen molar-refractivity contribution in [1.29, 1.82) is 0 Å². The van der Waals surface area contributed by atoms with Gasteiger partial charge in [-0.15, -0.1) is 0 Å². The smallest absolute Gasteiger partial charge is 0.293 e. The van der Waals surface area contributed by atoms with Crippen LogP contribution in [0.3, 0.4) is 0 Å². The second-order valence-electron chi connectivity index (χ2n) is 7.26. The van der Waals surface area contributed by atoms with Crippen LogP contribution in [0.5, 0.6) is 0 Å². The summed E-state index contributed by atoms with van der Waals surface area (Å²) in [6.07, 6.45) is 9.90. The largest absolute Gasteiger partial charge is 0.466 e. The molecule has 4 heteroatoms. The molecule has 4 nitrogen and oxygen atoms in total. The maximum atomic E-state index is 10.8. The first-order valence-electron chi connectivity index (χ1n) is 10.3. The summed E-state index contributed by atoms with van der Waals surface area (Å²) in [6.45, 7) is 6.31. The van der Waals surface area contributed by atoms with Crippen molar-refractivity contribution in [2.45, 2.75) is 83.6 Å². The minimum absolute atomic E-state index is 0.0594. The quantitative estimate of drug-likeness (QED) is 0.362. The third kappa shape index (κ3) is 6.40.